The highest BCUT2D eigenvalue weighted by atomic mass is 32.2. The fourth-order valence-corrected chi connectivity index (χ4v) is 4.65. The van der Waals surface area contributed by atoms with Crippen LogP contribution in [0.3, 0.4) is 0 Å². The van der Waals surface area contributed by atoms with Crippen LogP contribution >= 0.6 is 22.7 Å². The number of hydrogen-bond acceptors (Lipinski definition) is 6. The molecule has 0 unspecified atom stereocenters. The second-order valence-corrected chi connectivity index (χ2v) is 8.97. The second-order valence-electron chi connectivity index (χ2n) is 4.83. The van der Waals surface area contributed by atoms with Gasteiger partial charge in [0, 0.05) is 42.0 Å². The minimum atomic E-state index is -3.41. The Hall–Kier alpha value is -0.800. The summed E-state index contributed by atoms with van der Waals surface area (Å²) < 4.78 is 27.3. The number of nitrogens with zero attached hydrogens (tertiary/aromatic N) is 1. The fourth-order valence-electron chi connectivity index (χ4n) is 1.64. The summed E-state index contributed by atoms with van der Waals surface area (Å²) in [5.74, 6) is 0. The van der Waals surface area contributed by atoms with E-state index in [4.69, 9.17) is 0 Å². The Morgan fingerprint density at radius 3 is 2.81 bits per heavy atom. The third-order valence-electron chi connectivity index (χ3n) is 2.70. The zero-order valence-electron chi connectivity index (χ0n) is 12.0. The van der Waals surface area contributed by atoms with Crippen LogP contribution in [0.2, 0.25) is 0 Å². The molecule has 2 heterocycles. The largest absolute Gasteiger partial charge is 0.310 e. The molecule has 2 rings (SSSR count). The highest BCUT2D eigenvalue weighted by molar-refractivity contribution is 7.91. The molecule has 5 nitrogen and oxygen atoms in total. The first-order valence-corrected chi connectivity index (χ1v) is 9.85. The first-order valence-electron chi connectivity index (χ1n) is 6.67. The summed E-state index contributed by atoms with van der Waals surface area (Å²) in [7, 11) is -3.41. The van der Waals surface area contributed by atoms with Crippen molar-refractivity contribution in [1.82, 2.24) is 15.0 Å². The van der Waals surface area contributed by atoms with Gasteiger partial charge in [0.1, 0.15) is 4.21 Å². The van der Waals surface area contributed by atoms with Crippen molar-refractivity contribution in [3.05, 3.63) is 33.6 Å². The molecule has 0 aromatic carbocycles. The van der Waals surface area contributed by atoms with Crippen LogP contribution in [0.25, 0.3) is 0 Å². The number of hydrogen-bond donors (Lipinski definition) is 2. The van der Waals surface area contributed by atoms with E-state index in [2.05, 4.69) is 28.9 Å². The molecule has 0 saturated heterocycles. The van der Waals surface area contributed by atoms with Gasteiger partial charge in [0.2, 0.25) is 10.0 Å². The molecule has 2 aromatic heterocycles. The predicted molar refractivity (Wildman–Crippen MR) is 87.3 cm³/mol. The first kappa shape index (κ1) is 16.6. The lowest BCUT2D eigenvalue weighted by Crippen LogP contribution is -2.25. The van der Waals surface area contributed by atoms with Crippen LogP contribution in [0.4, 0.5) is 0 Å². The molecule has 0 atom stereocenters. The zero-order valence-corrected chi connectivity index (χ0v) is 14.4. The van der Waals surface area contributed by atoms with Gasteiger partial charge < -0.3 is 5.32 Å². The van der Waals surface area contributed by atoms with Crippen LogP contribution < -0.4 is 10.0 Å². The highest BCUT2D eigenvalue weighted by Gasteiger charge is 2.16. The quantitative estimate of drug-likeness (QED) is 0.770. The van der Waals surface area contributed by atoms with Crippen LogP contribution in [-0.4, -0.2) is 26.0 Å². The maximum atomic E-state index is 12.2. The summed E-state index contributed by atoms with van der Waals surface area (Å²) in [6.07, 6.45) is 2.34. The predicted octanol–water partition coefficient (Wildman–Crippen LogP) is 2.22. The zero-order chi connectivity index (χ0) is 15.3. The molecule has 0 bridgehead atoms. The molecule has 0 aliphatic heterocycles. The lowest BCUT2D eigenvalue weighted by molar-refractivity contribution is 0.583. The van der Waals surface area contributed by atoms with E-state index in [0.29, 0.717) is 29.8 Å². The van der Waals surface area contributed by atoms with Crippen LogP contribution in [0, 0.1) is 0 Å². The van der Waals surface area contributed by atoms with Gasteiger partial charge in [-0.25, -0.2) is 18.1 Å². The average Bonchev–Trinajstić information content (AvgIpc) is 3.07. The van der Waals surface area contributed by atoms with Crippen molar-refractivity contribution in [1.29, 1.82) is 0 Å². The number of sulfonamides is 1. The summed E-state index contributed by atoms with van der Waals surface area (Å²) in [5.41, 5.74) is 0. The SMILES string of the molecule is CC(C)NCc1ccc(S(=O)(=O)NCCc2nccs2)s1. The van der Waals surface area contributed by atoms with Crippen LogP contribution in [0.15, 0.2) is 27.9 Å². The van der Waals surface area contributed by atoms with E-state index < -0.39 is 10.0 Å². The molecule has 8 heteroatoms. The van der Waals surface area contributed by atoms with Crippen molar-refractivity contribution in [3.63, 3.8) is 0 Å². The van der Waals surface area contributed by atoms with Crippen molar-refractivity contribution >= 4 is 32.7 Å². The molecule has 2 aromatic rings. The molecule has 0 aliphatic rings. The smallest absolute Gasteiger partial charge is 0.250 e. The van der Waals surface area contributed by atoms with Crippen molar-refractivity contribution in [2.45, 2.75) is 37.1 Å². The van der Waals surface area contributed by atoms with Crippen molar-refractivity contribution in [2.75, 3.05) is 6.54 Å². The second kappa shape index (κ2) is 7.46. The van der Waals surface area contributed by atoms with Gasteiger partial charge in [0.25, 0.3) is 0 Å². The molecule has 0 spiro atoms. The summed E-state index contributed by atoms with van der Waals surface area (Å²) in [4.78, 5) is 5.15. The summed E-state index contributed by atoms with van der Waals surface area (Å²) in [5, 5.41) is 6.10. The molecule has 0 aliphatic carbocycles. The van der Waals surface area contributed by atoms with Gasteiger partial charge in [-0.1, -0.05) is 13.8 Å². The monoisotopic (exact) mass is 345 g/mol. The molecule has 0 amide bonds. The number of thiophene rings is 1. The van der Waals surface area contributed by atoms with E-state index in [-0.39, 0.29) is 0 Å². The standard InChI is InChI=1S/C13H19N3O2S3/c1-10(2)15-9-11-3-4-13(20-11)21(17,18)16-6-5-12-14-7-8-19-12/h3-4,7-8,10,15-16H,5-6,9H2,1-2H3. The lowest BCUT2D eigenvalue weighted by atomic mass is 10.4. The Morgan fingerprint density at radius 2 is 2.14 bits per heavy atom. The number of thiazole rings is 1. The van der Waals surface area contributed by atoms with Crippen molar-refractivity contribution < 1.29 is 8.42 Å². The molecule has 2 N–H and O–H groups in total. The first-order chi connectivity index (χ1) is 9.97. The minimum absolute atomic E-state index is 0.363. The maximum absolute atomic E-state index is 12.2. The average molecular weight is 346 g/mol. The minimum Gasteiger partial charge on any atom is -0.310 e. The number of aromatic nitrogens is 1. The normalized spacial score (nSPS) is 12.1. The number of rotatable bonds is 8. The van der Waals surface area contributed by atoms with E-state index in [1.165, 1.54) is 22.7 Å². The number of nitrogens with one attached hydrogen (secondary N) is 2. The van der Waals surface area contributed by atoms with E-state index in [0.717, 1.165) is 9.88 Å². The Kier molecular flexibility index (Phi) is 5.88. The van der Waals surface area contributed by atoms with Crippen LogP contribution in [0.5, 0.6) is 0 Å². The molecule has 0 fully saturated rings. The molecule has 0 radical (unpaired) electrons. The molecule has 0 saturated carbocycles. The lowest BCUT2D eigenvalue weighted by Gasteiger charge is -2.05. The highest BCUT2D eigenvalue weighted by Crippen LogP contribution is 2.21. The summed E-state index contributed by atoms with van der Waals surface area (Å²) in [6.45, 7) is 5.18. The van der Waals surface area contributed by atoms with Gasteiger partial charge in [-0.2, -0.15) is 0 Å². The Labute approximate surface area is 133 Å². The topological polar surface area (TPSA) is 71.1 Å². The molecule has 21 heavy (non-hydrogen) atoms. The third-order valence-corrected chi connectivity index (χ3v) is 6.58. The van der Waals surface area contributed by atoms with Gasteiger partial charge >= 0.3 is 0 Å². The van der Waals surface area contributed by atoms with E-state index in [1.807, 2.05) is 11.4 Å². The van der Waals surface area contributed by atoms with Gasteiger partial charge in [-0.3, -0.25) is 0 Å². The summed E-state index contributed by atoms with van der Waals surface area (Å²) in [6, 6.07) is 3.90. The Morgan fingerprint density at radius 1 is 1.33 bits per heavy atom. The summed E-state index contributed by atoms with van der Waals surface area (Å²) >= 11 is 2.83. The molecule has 116 valence electrons. The fraction of sp³-hybridized carbons (Fsp3) is 0.462. The van der Waals surface area contributed by atoms with Gasteiger partial charge in [-0.15, -0.1) is 22.7 Å². The van der Waals surface area contributed by atoms with Crippen LogP contribution in [0.1, 0.15) is 23.7 Å². The molecular weight excluding hydrogens is 326 g/mol. The Bertz CT molecular complexity index is 648. The van der Waals surface area contributed by atoms with Gasteiger partial charge in [0.15, 0.2) is 0 Å². The van der Waals surface area contributed by atoms with Crippen LogP contribution in [-0.2, 0) is 23.0 Å². The van der Waals surface area contributed by atoms with Gasteiger partial charge in [0.05, 0.1) is 5.01 Å². The van der Waals surface area contributed by atoms with E-state index in [1.54, 1.807) is 12.3 Å². The van der Waals surface area contributed by atoms with E-state index in [9.17, 15) is 8.42 Å². The Balaban J connectivity index is 1.89. The maximum Gasteiger partial charge on any atom is 0.250 e. The van der Waals surface area contributed by atoms with Crippen molar-refractivity contribution in [3.8, 4) is 0 Å². The molecular formula is C13H19N3O2S3. The van der Waals surface area contributed by atoms with E-state index >= 15 is 0 Å². The van der Waals surface area contributed by atoms with Gasteiger partial charge in [-0.05, 0) is 12.1 Å². The third kappa shape index (κ3) is 5.15. The van der Waals surface area contributed by atoms with Crippen molar-refractivity contribution in [2.24, 2.45) is 0 Å².